The van der Waals surface area contributed by atoms with Crippen LogP contribution < -0.4 is 4.74 Å². The Bertz CT molecular complexity index is 490. The van der Waals surface area contributed by atoms with Crippen LogP contribution in [0.1, 0.15) is 27.2 Å². The van der Waals surface area contributed by atoms with Crippen molar-refractivity contribution in [2.45, 2.75) is 38.9 Å². The van der Waals surface area contributed by atoms with Crippen LogP contribution in [-0.4, -0.2) is 45.8 Å². The number of carbonyl (C=O) groups excluding carboxylic acids is 1. The van der Waals surface area contributed by atoms with Crippen molar-refractivity contribution in [3.05, 3.63) is 17.5 Å². The van der Waals surface area contributed by atoms with Gasteiger partial charge in [0.15, 0.2) is 0 Å². The van der Waals surface area contributed by atoms with Gasteiger partial charge >= 0.3 is 6.09 Å². The van der Waals surface area contributed by atoms with Gasteiger partial charge in [0.05, 0.1) is 6.54 Å². The first kappa shape index (κ1) is 14.8. The zero-order chi connectivity index (χ0) is 14.8. The van der Waals surface area contributed by atoms with Gasteiger partial charge in [-0.25, -0.2) is 14.8 Å². The minimum absolute atomic E-state index is 0.103. The average molecular weight is 300 g/mol. The van der Waals surface area contributed by atoms with Gasteiger partial charge in [0.2, 0.25) is 5.88 Å². The molecule has 0 aromatic carbocycles. The highest BCUT2D eigenvalue weighted by Crippen LogP contribution is 2.20. The second-order valence-corrected chi connectivity index (χ2v) is 6.02. The van der Waals surface area contributed by atoms with Crippen molar-refractivity contribution in [1.29, 1.82) is 0 Å². The molecule has 1 aromatic rings. The molecule has 1 amide bonds. The Balaban J connectivity index is 1.88. The van der Waals surface area contributed by atoms with E-state index >= 15 is 0 Å². The van der Waals surface area contributed by atoms with Crippen molar-refractivity contribution in [2.24, 2.45) is 0 Å². The van der Waals surface area contributed by atoms with E-state index in [0.717, 1.165) is 6.42 Å². The molecule has 110 valence electrons. The molecule has 1 atom stereocenters. The van der Waals surface area contributed by atoms with Crippen LogP contribution in [0.4, 0.5) is 4.79 Å². The Labute approximate surface area is 123 Å². The Morgan fingerprint density at radius 1 is 1.45 bits per heavy atom. The molecule has 0 saturated carbocycles. The number of amides is 1. The summed E-state index contributed by atoms with van der Waals surface area (Å²) in [7, 11) is 0. The van der Waals surface area contributed by atoms with E-state index in [9.17, 15) is 4.79 Å². The summed E-state index contributed by atoms with van der Waals surface area (Å²) in [6, 6.07) is 1.55. The van der Waals surface area contributed by atoms with E-state index in [1.165, 1.54) is 6.33 Å². The smallest absolute Gasteiger partial charge is 0.410 e. The fraction of sp³-hybridized carbons (Fsp3) is 0.615. The molecular formula is C13H18ClN3O3. The molecule has 1 aliphatic heterocycles. The Kier molecular flexibility index (Phi) is 4.32. The molecule has 0 bridgehead atoms. The molecule has 1 aliphatic rings. The zero-order valence-electron chi connectivity index (χ0n) is 11.8. The zero-order valence-corrected chi connectivity index (χ0v) is 12.6. The summed E-state index contributed by atoms with van der Waals surface area (Å²) < 4.78 is 11.0. The monoisotopic (exact) mass is 299 g/mol. The van der Waals surface area contributed by atoms with Crippen LogP contribution in [0, 0.1) is 0 Å². The lowest BCUT2D eigenvalue weighted by molar-refractivity contribution is 0.0275. The van der Waals surface area contributed by atoms with E-state index in [2.05, 4.69) is 9.97 Å². The summed E-state index contributed by atoms with van der Waals surface area (Å²) in [5.74, 6) is 0.418. The van der Waals surface area contributed by atoms with Gasteiger partial charge in [-0.2, -0.15) is 0 Å². The second-order valence-electron chi connectivity index (χ2n) is 5.63. The van der Waals surface area contributed by atoms with Crippen molar-refractivity contribution in [3.63, 3.8) is 0 Å². The lowest BCUT2D eigenvalue weighted by atomic mass is 10.2. The van der Waals surface area contributed by atoms with Gasteiger partial charge in [0, 0.05) is 19.0 Å². The number of carbonyl (C=O) groups is 1. The van der Waals surface area contributed by atoms with E-state index in [1.54, 1.807) is 11.0 Å². The van der Waals surface area contributed by atoms with E-state index in [-0.39, 0.29) is 12.2 Å². The Morgan fingerprint density at radius 2 is 2.20 bits per heavy atom. The highest BCUT2D eigenvalue weighted by atomic mass is 35.5. The number of halogens is 1. The van der Waals surface area contributed by atoms with Gasteiger partial charge < -0.3 is 14.4 Å². The van der Waals surface area contributed by atoms with Crippen LogP contribution in [0.5, 0.6) is 5.88 Å². The van der Waals surface area contributed by atoms with Crippen molar-refractivity contribution in [1.82, 2.24) is 14.9 Å². The quantitative estimate of drug-likeness (QED) is 0.785. The SMILES string of the molecule is CC(C)(C)OC(=O)N1CC[C@H](Oc2cc(Cl)ncn2)C1. The second kappa shape index (κ2) is 5.83. The summed E-state index contributed by atoms with van der Waals surface area (Å²) in [6.07, 6.45) is 1.66. The predicted molar refractivity (Wildman–Crippen MR) is 73.9 cm³/mol. The van der Waals surface area contributed by atoms with E-state index in [1.807, 2.05) is 20.8 Å². The first-order chi connectivity index (χ1) is 9.33. The predicted octanol–water partition coefficient (Wildman–Crippen LogP) is 2.52. The maximum absolute atomic E-state index is 11.9. The largest absolute Gasteiger partial charge is 0.472 e. The number of nitrogens with zero attached hydrogens (tertiary/aromatic N) is 3. The molecule has 0 N–H and O–H groups in total. The van der Waals surface area contributed by atoms with Crippen molar-refractivity contribution < 1.29 is 14.3 Å². The summed E-state index contributed by atoms with van der Waals surface area (Å²) >= 11 is 5.77. The molecule has 2 rings (SSSR count). The molecule has 7 heteroatoms. The van der Waals surface area contributed by atoms with Crippen LogP contribution in [0.2, 0.25) is 5.15 Å². The lowest BCUT2D eigenvalue weighted by Gasteiger charge is -2.24. The maximum Gasteiger partial charge on any atom is 0.410 e. The third-order valence-electron chi connectivity index (χ3n) is 2.69. The molecule has 0 unspecified atom stereocenters. The Morgan fingerprint density at radius 3 is 2.85 bits per heavy atom. The summed E-state index contributed by atoms with van der Waals surface area (Å²) in [5.41, 5.74) is -0.490. The summed E-state index contributed by atoms with van der Waals surface area (Å²) in [5, 5.41) is 0.331. The highest BCUT2D eigenvalue weighted by molar-refractivity contribution is 6.29. The number of hydrogen-bond acceptors (Lipinski definition) is 5. The lowest BCUT2D eigenvalue weighted by Crippen LogP contribution is -2.36. The van der Waals surface area contributed by atoms with E-state index in [4.69, 9.17) is 21.1 Å². The molecule has 6 nitrogen and oxygen atoms in total. The van der Waals surface area contributed by atoms with Gasteiger partial charge in [0.1, 0.15) is 23.2 Å². The number of aromatic nitrogens is 2. The van der Waals surface area contributed by atoms with Crippen LogP contribution in [-0.2, 0) is 4.74 Å². The van der Waals surface area contributed by atoms with Crippen LogP contribution >= 0.6 is 11.6 Å². The van der Waals surface area contributed by atoms with Gasteiger partial charge in [-0.1, -0.05) is 11.6 Å². The molecule has 1 saturated heterocycles. The number of ether oxygens (including phenoxy) is 2. The molecular weight excluding hydrogens is 282 g/mol. The summed E-state index contributed by atoms with van der Waals surface area (Å²) in [4.78, 5) is 21.3. The van der Waals surface area contributed by atoms with E-state index in [0.29, 0.717) is 24.1 Å². The van der Waals surface area contributed by atoms with Crippen molar-refractivity contribution in [2.75, 3.05) is 13.1 Å². The van der Waals surface area contributed by atoms with Crippen LogP contribution in [0.25, 0.3) is 0 Å². The highest BCUT2D eigenvalue weighted by Gasteiger charge is 2.31. The minimum atomic E-state index is -0.490. The van der Waals surface area contributed by atoms with Gasteiger partial charge in [-0.05, 0) is 20.8 Å². The molecule has 0 spiro atoms. The van der Waals surface area contributed by atoms with Gasteiger partial charge in [-0.15, -0.1) is 0 Å². The number of rotatable bonds is 2. The molecule has 0 radical (unpaired) electrons. The Hall–Kier alpha value is -1.56. The van der Waals surface area contributed by atoms with Crippen molar-refractivity contribution >= 4 is 17.7 Å². The fourth-order valence-electron chi connectivity index (χ4n) is 1.87. The molecule has 2 heterocycles. The fourth-order valence-corrected chi connectivity index (χ4v) is 2.01. The number of likely N-dealkylation sites (tertiary alicyclic amines) is 1. The molecule has 1 fully saturated rings. The normalized spacial score (nSPS) is 19.0. The number of hydrogen-bond donors (Lipinski definition) is 0. The average Bonchev–Trinajstić information content (AvgIpc) is 2.75. The minimum Gasteiger partial charge on any atom is -0.472 e. The van der Waals surface area contributed by atoms with Crippen LogP contribution in [0.3, 0.4) is 0 Å². The van der Waals surface area contributed by atoms with E-state index < -0.39 is 5.60 Å². The first-order valence-electron chi connectivity index (χ1n) is 6.45. The summed E-state index contributed by atoms with van der Waals surface area (Å²) in [6.45, 7) is 6.63. The molecule has 1 aromatic heterocycles. The van der Waals surface area contributed by atoms with Crippen LogP contribution in [0.15, 0.2) is 12.4 Å². The molecule has 0 aliphatic carbocycles. The first-order valence-corrected chi connectivity index (χ1v) is 6.83. The van der Waals surface area contributed by atoms with Gasteiger partial charge in [-0.3, -0.25) is 0 Å². The van der Waals surface area contributed by atoms with Gasteiger partial charge in [0.25, 0.3) is 0 Å². The third kappa shape index (κ3) is 4.23. The third-order valence-corrected chi connectivity index (χ3v) is 2.90. The molecule has 20 heavy (non-hydrogen) atoms. The standard InChI is InChI=1S/C13H18ClN3O3/c1-13(2,3)20-12(18)17-5-4-9(7-17)19-11-6-10(14)15-8-16-11/h6,8-9H,4-5,7H2,1-3H3/t9-/m0/s1. The topological polar surface area (TPSA) is 64.5 Å². The maximum atomic E-state index is 11.9. The van der Waals surface area contributed by atoms with Crippen molar-refractivity contribution in [3.8, 4) is 5.88 Å².